The first-order valence-electron chi connectivity index (χ1n) is 5.54. The number of ether oxygens (including phenoxy) is 1. The smallest absolute Gasteiger partial charge is 0.405 e. The third-order valence-electron chi connectivity index (χ3n) is 1.58. The Hall–Kier alpha value is -1.03. The standard InChI is InChI=1S/C10H14F3N3O2S2/c1-9(2,3)18-6(17)4-19-8-16-15-7(20-8)14-5-10(11,12)13/h4-5H2,1-3H3,(H,14,15). The van der Waals surface area contributed by atoms with Crippen molar-refractivity contribution in [1.29, 1.82) is 0 Å². The lowest BCUT2D eigenvalue weighted by molar-refractivity contribution is -0.151. The lowest BCUT2D eigenvalue weighted by Gasteiger charge is -2.18. The van der Waals surface area contributed by atoms with Crippen LogP contribution in [-0.2, 0) is 9.53 Å². The van der Waals surface area contributed by atoms with Crippen molar-refractivity contribution in [2.75, 3.05) is 17.6 Å². The minimum Gasteiger partial charge on any atom is -0.459 e. The molecular formula is C10H14F3N3O2S2. The molecular weight excluding hydrogens is 315 g/mol. The molecule has 0 bridgehead atoms. The minimum absolute atomic E-state index is 0.0329. The third-order valence-corrected chi connectivity index (χ3v) is 3.57. The zero-order valence-corrected chi connectivity index (χ0v) is 12.7. The third kappa shape index (κ3) is 7.53. The van der Waals surface area contributed by atoms with Crippen molar-refractivity contribution in [2.24, 2.45) is 0 Å². The van der Waals surface area contributed by atoms with Crippen LogP contribution in [-0.4, -0.2) is 40.2 Å². The molecule has 0 aliphatic carbocycles. The van der Waals surface area contributed by atoms with E-state index in [4.69, 9.17) is 4.74 Å². The zero-order chi connectivity index (χ0) is 15.4. The van der Waals surface area contributed by atoms with Crippen molar-refractivity contribution < 1.29 is 22.7 Å². The van der Waals surface area contributed by atoms with E-state index in [2.05, 4.69) is 15.5 Å². The van der Waals surface area contributed by atoms with Crippen LogP contribution >= 0.6 is 23.1 Å². The van der Waals surface area contributed by atoms with Crippen LogP contribution in [0.3, 0.4) is 0 Å². The van der Waals surface area contributed by atoms with Crippen LogP contribution in [0.2, 0.25) is 0 Å². The summed E-state index contributed by atoms with van der Waals surface area (Å²) in [7, 11) is 0. The molecule has 0 saturated carbocycles. The Morgan fingerprint density at radius 1 is 1.35 bits per heavy atom. The molecule has 20 heavy (non-hydrogen) atoms. The maximum atomic E-state index is 12.0. The Morgan fingerprint density at radius 2 is 2.00 bits per heavy atom. The number of aromatic nitrogens is 2. The van der Waals surface area contributed by atoms with Crippen LogP contribution in [0, 0.1) is 0 Å². The normalized spacial score (nSPS) is 12.3. The highest BCUT2D eigenvalue weighted by molar-refractivity contribution is 8.01. The van der Waals surface area contributed by atoms with Crippen molar-refractivity contribution in [3.63, 3.8) is 0 Å². The molecule has 0 unspecified atom stereocenters. The number of esters is 1. The fourth-order valence-electron chi connectivity index (χ4n) is 1.01. The van der Waals surface area contributed by atoms with E-state index in [0.717, 1.165) is 23.1 Å². The number of carbonyl (C=O) groups is 1. The molecule has 5 nitrogen and oxygen atoms in total. The molecule has 0 aliphatic rings. The number of alkyl halides is 3. The van der Waals surface area contributed by atoms with Gasteiger partial charge in [-0.2, -0.15) is 13.2 Å². The number of carbonyl (C=O) groups excluding carboxylic acids is 1. The second-order valence-electron chi connectivity index (χ2n) is 4.72. The maximum Gasteiger partial charge on any atom is 0.405 e. The van der Waals surface area contributed by atoms with Crippen LogP contribution in [0.15, 0.2) is 4.34 Å². The first-order valence-corrected chi connectivity index (χ1v) is 7.34. The minimum atomic E-state index is -4.31. The second-order valence-corrected chi connectivity index (χ2v) is 6.92. The van der Waals surface area contributed by atoms with E-state index in [0.29, 0.717) is 4.34 Å². The van der Waals surface area contributed by atoms with Crippen LogP contribution < -0.4 is 5.32 Å². The lowest BCUT2D eigenvalue weighted by Crippen LogP contribution is -2.24. The largest absolute Gasteiger partial charge is 0.459 e. The van der Waals surface area contributed by atoms with E-state index in [-0.39, 0.29) is 10.9 Å². The van der Waals surface area contributed by atoms with Crippen LogP contribution in [0.25, 0.3) is 0 Å². The van der Waals surface area contributed by atoms with Gasteiger partial charge in [-0.1, -0.05) is 23.1 Å². The SMILES string of the molecule is CC(C)(C)OC(=O)CSc1nnc(NCC(F)(F)F)s1. The average molecular weight is 329 g/mol. The Morgan fingerprint density at radius 3 is 2.55 bits per heavy atom. The summed E-state index contributed by atoms with van der Waals surface area (Å²) in [4.78, 5) is 11.4. The van der Waals surface area contributed by atoms with Gasteiger partial charge in [-0.25, -0.2) is 0 Å². The first kappa shape index (κ1) is 17.0. The van der Waals surface area contributed by atoms with Gasteiger partial charge in [0.15, 0.2) is 4.34 Å². The number of hydrogen-bond donors (Lipinski definition) is 1. The highest BCUT2D eigenvalue weighted by Gasteiger charge is 2.27. The molecule has 0 aliphatic heterocycles. The van der Waals surface area contributed by atoms with Gasteiger partial charge >= 0.3 is 12.1 Å². The van der Waals surface area contributed by atoms with Crippen molar-refractivity contribution in [1.82, 2.24) is 10.2 Å². The summed E-state index contributed by atoms with van der Waals surface area (Å²) in [5, 5.41) is 9.42. The van der Waals surface area contributed by atoms with Gasteiger partial charge in [-0.15, -0.1) is 10.2 Å². The Labute approximate surface area is 122 Å². The molecule has 0 amide bonds. The molecule has 1 rings (SSSR count). The fraction of sp³-hybridized carbons (Fsp3) is 0.700. The van der Waals surface area contributed by atoms with E-state index in [1.54, 1.807) is 20.8 Å². The molecule has 1 aromatic rings. The predicted octanol–water partition coefficient (Wildman–Crippen LogP) is 2.95. The van der Waals surface area contributed by atoms with Gasteiger partial charge in [0, 0.05) is 0 Å². The quantitative estimate of drug-likeness (QED) is 0.662. The summed E-state index contributed by atoms with van der Waals surface area (Å²) in [6, 6.07) is 0. The van der Waals surface area contributed by atoms with Gasteiger partial charge in [0.25, 0.3) is 0 Å². The van der Waals surface area contributed by atoms with Crippen LogP contribution in [0.4, 0.5) is 18.3 Å². The highest BCUT2D eigenvalue weighted by atomic mass is 32.2. The van der Waals surface area contributed by atoms with E-state index in [1.165, 1.54) is 0 Å². The van der Waals surface area contributed by atoms with E-state index in [9.17, 15) is 18.0 Å². The summed E-state index contributed by atoms with van der Waals surface area (Å²) in [5.41, 5.74) is -0.571. The molecule has 1 N–H and O–H groups in total. The van der Waals surface area contributed by atoms with Crippen LogP contribution in [0.1, 0.15) is 20.8 Å². The summed E-state index contributed by atoms with van der Waals surface area (Å²) in [6.07, 6.45) is -4.31. The van der Waals surface area contributed by atoms with Crippen molar-refractivity contribution >= 4 is 34.2 Å². The molecule has 0 saturated heterocycles. The van der Waals surface area contributed by atoms with Crippen LogP contribution in [0.5, 0.6) is 0 Å². The van der Waals surface area contributed by atoms with Gasteiger partial charge in [0.1, 0.15) is 12.1 Å². The maximum absolute atomic E-state index is 12.0. The van der Waals surface area contributed by atoms with Gasteiger partial charge in [-0.05, 0) is 20.8 Å². The molecule has 114 valence electrons. The number of halogens is 3. The Balaban J connectivity index is 2.39. The zero-order valence-electron chi connectivity index (χ0n) is 11.1. The van der Waals surface area contributed by atoms with E-state index < -0.39 is 24.3 Å². The fourth-order valence-corrected chi connectivity index (χ4v) is 2.53. The molecule has 0 fully saturated rings. The second kappa shape index (κ2) is 6.61. The molecule has 1 aromatic heterocycles. The van der Waals surface area contributed by atoms with Gasteiger partial charge in [-0.3, -0.25) is 4.79 Å². The summed E-state index contributed by atoms with van der Waals surface area (Å²) < 4.78 is 41.5. The van der Waals surface area contributed by atoms with Gasteiger partial charge in [0.05, 0.1) is 5.75 Å². The van der Waals surface area contributed by atoms with Gasteiger partial charge in [0.2, 0.25) is 5.13 Å². The van der Waals surface area contributed by atoms with Crippen molar-refractivity contribution in [3.05, 3.63) is 0 Å². The number of hydrogen-bond acceptors (Lipinski definition) is 7. The molecule has 0 radical (unpaired) electrons. The monoisotopic (exact) mass is 329 g/mol. The number of nitrogens with zero attached hydrogens (tertiary/aromatic N) is 2. The summed E-state index contributed by atoms with van der Waals surface area (Å²) >= 11 is 2.03. The highest BCUT2D eigenvalue weighted by Crippen LogP contribution is 2.26. The van der Waals surface area contributed by atoms with Crippen molar-refractivity contribution in [3.8, 4) is 0 Å². The number of rotatable bonds is 5. The summed E-state index contributed by atoms with van der Waals surface area (Å²) in [6.45, 7) is 4.08. The number of thioether (sulfide) groups is 1. The Bertz CT molecular complexity index is 457. The van der Waals surface area contributed by atoms with E-state index in [1.807, 2.05) is 0 Å². The molecule has 0 spiro atoms. The van der Waals surface area contributed by atoms with Crippen molar-refractivity contribution in [2.45, 2.75) is 36.9 Å². The summed E-state index contributed by atoms with van der Waals surface area (Å²) in [5.74, 6) is -0.381. The lowest BCUT2D eigenvalue weighted by atomic mass is 10.2. The molecule has 1 heterocycles. The predicted molar refractivity (Wildman–Crippen MR) is 71.0 cm³/mol. The number of nitrogens with one attached hydrogen (secondary N) is 1. The first-order chi connectivity index (χ1) is 9.05. The topological polar surface area (TPSA) is 64.1 Å². The van der Waals surface area contributed by atoms with E-state index >= 15 is 0 Å². The molecule has 0 atom stereocenters. The van der Waals surface area contributed by atoms with Gasteiger partial charge < -0.3 is 10.1 Å². The number of anilines is 1. The average Bonchev–Trinajstić information content (AvgIpc) is 2.68. The Kier molecular flexibility index (Phi) is 5.63. The molecule has 0 aromatic carbocycles. The molecule has 10 heteroatoms.